The summed E-state index contributed by atoms with van der Waals surface area (Å²) in [6.45, 7) is 4.30. The normalized spacial score (nSPS) is 12.3. The second-order valence-electron chi connectivity index (χ2n) is 3.49. The van der Waals surface area contributed by atoms with Gasteiger partial charge in [-0.25, -0.2) is 13.6 Å². The largest absolute Gasteiger partial charge is 0.330 e. The van der Waals surface area contributed by atoms with Crippen LogP contribution >= 0.6 is 12.4 Å². The number of sulfonamides is 1. The summed E-state index contributed by atoms with van der Waals surface area (Å²) in [5.74, 6) is 0.0111. The Morgan fingerprint density at radius 1 is 1.33 bits per heavy atom. The summed E-state index contributed by atoms with van der Waals surface area (Å²) in [5.41, 5.74) is 5.27. The number of halogens is 1. The first-order valence-electron chi connectivity index (χ1n) is 3.47. The van der Waals surface area contributed by atoms with Crippen LogP contribution in [0, 0.1) is 5.41 Å². The highest BCUT2D eigenvalue weighted by atomic mass is 35.5. The molecule has 76 valence electrons. The molecule has 6 heteroatoms. The maximum absolute atomic E-state index is 10.5. The van der Waals surface area contributed by atoms with E-state index in [1.54, 1.807) is 0 Å². The first-order valence-corrected chi connectivity index (χ1v) is 5.19. The van der Waals surface area contributed by atoms with Gasteiger partial charge in [0.25, 0.3) is 0 Å². The molecule has 4 nitrogen and oxygen atoms in total. The summed E-state index contributed by atoms with van der Waals surface area (Å²) < 4.78 is 21.1. The molecule has 4 N–H and O–H groups in total. The minimum atomic E-state index is -3.32. The molecule has 0 saturated heterocycles. The fourth-order valence-electron chi connectivity index (χ4n) is 0.521. The Kier molecular flexibility index (Phi) is 6.13. The van der Waals surface area contributed by atoms with Crippen LogP contribution in [0.4, 0.5) is 0 Å². The predicted molar refractivity (Wildman–Crippen MR) is 52.7 cm³/mol. The number of rotatable bonds is 4. The maximum Gasteiger partial charge on any atom is 0.209 e. The third-order valence-electron chi connectivity index (χ3n) is 1.62. The van der Waals surface area contributed by atoms with Crippen molar-refractivity contribution in [1.29, 1.82) is 0 Å². The Labute approximate surface area is 80.2 Å². The van der Waals surface area contributed by atoms with Crippen LogP contribution < -0.4 is 10.9 Å². The minimum absolute atomic E-state index is 0. The monoisotopic (exact) mass is 216 g/mol. The van der Waals surface area contributed by atoms with E-state index < -0.39 is 10.0 Å². The van der Waals surface area contributed by atoms with Crippen molar-refractivity contribution in [3.05, 3.63) is 0 Å². The molecule has 0 radical (unpaired) electrons. The van der Waals surface area contributed by atoms with Gasteiger partial charge in [-0.15, -0.1) is 12.4 Å². The average molecular weight is 217 g/mol. The number of hydrogen-bond acceptors (Lipinski definition) is 3. The zero-order valence-corrected chi connectivity index (χ0v) is 9.04. The van der Waals surface area contributed by atoms with Crippen molar-refractivity contribution in [2.24, 2.45) is 16.3 Å². The predicted octanol–water partition coefficient (Wildman–Crippen LogP) is 0.0717. The maximum atomic E-state index is 10.5. The quantitative estimate of drug-likeness (QED) is 0.698. The van der Waals surface area contributed by atoms with Crippen LogP contribution in [-0.4, -0.2) is 20.7 Å². The Bertz CT molecular complexity index is 214. The molecule has 0 aliphatic rings. The van der Waals surface area contributed by atoms with E-state index >= 15 is 0 Å². The van der Waals surface area contributed by atoms with Gasteiger partial charge in [0, 0.05) is 0 Å². The molecule has 0 bridgehead atoms. The molecule has 12 heavy (non-hydrogen) atoms. The van der Waals surface area contributed by atoms with Gasteiger partial charge >= 0.3 is 0 Å². The lowest BCUT2D eigenvalue weighted by Crippen LogP contribution is -2.28. The van der Waals surface area contributed by atoms with E-state index in [-0.39, 0.29) is 23.6 Å². The van der Waals surface area contributed by atoms with E-state index in [0.717, 1.165) is 0 Å². The van der Waals surface area contributed by atoms with Crippen molar-refractivity contribution in [3.63, 3.8) is 0 Å². The molecule has 0 aromatic carbocycles. The van der Waals surface area contributed by atoms with Crippen LogP contribution in [0.1, 0.15) is 20.3 Å². The summed E-state index contributed by atoms with van der Waals surface area (Å²) in [7, 11) is -3.32. The fourth-order valence-corrected chi connectivity index (χ4v) is 1.36. The van der Waals surface area contributed by atoms with Crippen molar-refractivity contribution in [1.82, 2.24) is 0 Å². The molecular weight excluding hydrogens is 200 g/mol. The van der Waals surface area contributed by atoms with Gasteiger partial charge in [0.15, 0.2) is 0 Å². The molecule has 0 saturated carbocycles. The molecule has 0 aromatic rings. The van der Waals surface area contributed by atoms with Gasteiger partial charge in [0.2, 0.25) is 10.0 Å². The number of nitrogens with two attached hydrogens (primary N) is 2. The van der Waals surface area contributed by atoms with Crippen molar-refractivity contribution in [2.45, 2.75) is 20.3 Å². The zero-order chi connectivity index (χ0) is 9.12. The van der Waals surface area contributed by atoms with Crippen LogP contribution in [0.5, 0.6) is 0 Å². The van der Waals surface area contributed by atoms with Crippen molar-refractivity contribution < 1.29 is 8.42 Å². The Morgan fingerprint density at radius 3 is 2.00 bits per heavy atom. The van der Waals surface area contributed by atoms with E-state index in [1.807, 2.05) is 13.8 Å². The van der Waals surface area contributed by atoms with E-state index in [2.05, 4.69) is 0 Å². The van der Waals surface area contributed by atoms with Crippen LogP contribution in [0.15, 0.2) is 0 Å². The SMILES string of the molecule is CC(C)(CN)CCS(N)(=O)=O.Cl. The Hall–Kier alpha value is 0.160. The van der Waals surface area contributed by atoms with Gasteiger partial charge in [0.1, 0.15) is 0 Å². The lowest BCUT2D eigenvalue weighted by molar-refractivity contribution is 0.365. The van der Waals surface area contributed by atoms with Gasteiger partial charge in [-0.05, 0) is 18.4 Å². The fraction of sp³-hybridized carbons (Fsp3) is 1.00. The van der Waals surface area contributed by atoms with Crippen molar-refractivity contribution >= 4 is 22.4 Å². The molecule has 0 unspecified atom stereocenters. The Balaban J connectivity index is 0. The zero-order valence-electron chi connectivity index (χ0n) is 7.41. The lowest BCUT2D eigenvalue weighted by atomic mass is 9.91. The number of hydrogen-bond donors (Lipinski definition) is 2. The van der Waals surface area contributed by atoms with Crippen LogP contribution in [-0.2, 0) is 10.0 Å². The molecule has 0 atom stereocenters. The van der Waals surface area contributed by atoms with Crippen molar-refractivity contribution in [2.75, 3.05) is 12.3 Å². The third kappa shape index (κ3) is 8.26. The van der Waals surface area contributed by atoms with Gasteiger partial charge in [-0.3, -0.25) is 0 Å². The van der Waals surface area contributed by atoms with Gasteiger partial charge in [0.05, 0.1) is 5.75 Å². The molecule has 0 aliphatic carbocycles. The molecule has 0 aromatic heterocycles. The van der Waals surface area contributed by atoms with E-state index in [9.17, 15) is 8.42 Å². The van der Waals surface area contributed by atoms with Crippen molar-refractivity contribution in [3.8, 4) is 0 Å². The third-order valence-corrected chi connectivity index (χ3v) is 2.39. The van der Waals surface area contributed by atoms with Crippen LogP contribution in [0.25, 0.3) is 0 Å². The summed E-state index contributed by atoms with van der Waals surface area (Å²) in [6, 6.07) is 0. The standard InChI is InChI=1S/C6H16N2O2S.ClH/c1-6(2,5-7)3-4-11(8,9)10;/h3-5,7H2,1-2H3,(H2,8,9,10);1H. The molecule has 0 fully saturated rings. The first kappa shape index (κ1) is 14.7. The topological polar surface area (TPSA) is 86.2 Å². The highest BCUT2D eigenvalue weighted by molar-refractivity contribution is 7.89. The van der Waals surface area contributed by atoms with Gasteiger partial charge in [-0.2, -0.15) is 0 Å². The average Bonchev–Trinajstić information content (AvgIpc) is 1.83. The summed E-state index contributed by atoms with van der Waals surface area (Å²) in [4.78, 5) is 0. The first-order chi connectivity index (χ1) is 4.77. The highest BCUT2D eigenvalue weighted by Gasteiger charge is 2.17. The summed E-state index contributed by atoms with van der Waals surface area (Å²) >= 11 is 0. The minimum Gasteiger partial charge on any atom is -0.330 e. The molecule has 0 rings (SSSR count). The van der Waals surface area contributed by atoms with Gasteiger partial charge < -0.3 is 5.73 Å². The molecule has 0 heterocycles. The second-order valence-corrected chi connectivity index (χ2v) is 5.22. The van der Waals surface area contributed by atoms with E-state index in [1.165, 1.54) is 0 Å². The van der Waals surface area contributed by atoms with Crippen LogP contribution in [0.2, 0.25) is 0 Å². The molecule has 0 amide bonds. The summed E-state index contributed by atoms with van der Waals surface area (Å²) in [5, 5.41) is 4.83. The lowest BCUT2D eigenvalue weighted by Gasteiger charge is -2.20. The Morgan fingerprint density at radius 2 is 1.75 bits per heavy atom. The highest BCUT2D eigenvalue weighted by Crippen LogP contribution is 2.17. The number of primary sulfonamides is 1. The van der Waals surface area contributed by atoms with E-state index in [0.29, 0.717) is 13.0 Å². The smallest absolute Gasteiger partial charge is 0.209 e. The molecular formula is C6H17ClN2O2S. The van der Waals surface area contributed by atoms with E-state index in [4.69, 9.17) is 10.9 Å². The second kappa shape index (κ2) is 5.01. The van der Waals surface area contributed by atoms with Crippen LogP contribution in [0.3, 0.4) is 0 Å². The van der Waals surface area contributed by atoms with Gasteiger partial charge in [-0.1, -0.05) is 13.8 Å². The molecule has 0 spiro atoms. The summed E-state index contributed by atoms with van der Waals surface area (Å²) in [6.07, 6.45) is 0.516. The molecule has 0 aliphatic heterocycles.